The lowest BCUT2D eigenvalue weighted by Gasteiger charge is -2.21. The number of pyridine rings is 1. The van der Waals surface area contributed by atoms with Crippen molar-refractivity contribution in [2.24, 2.45) is 11.8 Å². The molecule has 21 heavy (non-hydrogen) atoms. The molecule has 0 aliphatic heterocycles. The van der Waals surface area contributed by atoms with Gasteiger partial charge in [0.1, 0.15) is 0 Å². The Labute approximate surface area is 125 Å². The maximum Gasteiger partial charge on any atom is 0.317 e. The fourth-order valence-electron chi connectivity index (χ4n) is 1.89. The first-order valence-electron chi connectivity index (χ1n) is 7.02. The molecule has 0 aliphatic rings. The number of aromatic nitrogens is 1. The van der Waals surface area contributed by atoms with E-state index in [1.807, 2.05) is 26.0 Å². The molecule has 0 saturated carbocycles. The van der Waals surface area contributed by atoms with Gasteiger partial charge >= 0.3 is 12.0 Å². The van der Waals surface area contributed by atoms with Crippen LogP contribution in [0.5, 0.6) is 0 Å². The Morgan fingerprint density at radius 2 is 1.95 bits per heavy atom. The largest absolute Gasteiger partial charge is 0.481 e. The van der Waals surface area contributed by atoms with Crippen LogP contribution in [0.3, 0.4) is 0 Å². The number of carboxylic acid groups (broad SMARTS) is 1. The highest BCUT2D eigenvalue weighted by molar-refractivity contribution is 5.75. The zero-order valence-corrected chi connectivity index (χ0v) is 12.7. The number of aliphatic carboxylic acids is 1. The summed E-state index contributed by atoms with van der Waals surface area (Å²) in [6.45, 7) is 4.37. The molecule has 116 valence electrons. The van der Waals surface area contributed by atoms with E-state index >= 15 is 0 Å². The van der Waals surface area contributed by atoms with Crippen LogP contribution in [0.25, 0.3) is 0 Å². The fraction of sp³-hybridized carbons (Fsp3) is 0.533. The molecule has 1 unspecified atom stereocenters. The van der Waals surface area contributed by atoms with Crippen LogP contribution < -0.4 is 5.32 Å². The summed E-state index contributed by atoms with van der Waals surface area (Å²) >= 11 is 0. The van der Waals surface area contributed by atoms with Crippen LogP contribution >= 0.6 is 0 Å². The number of amides is 2. The number of rotatable bonds is 7. The Bertz CT molecular complexity index is 462. The van der Waals surface area contributed by atoms with Crippen molar-refractivity contribution < 1.29 is 14.7 Å². The summed E-state index contributed by atoms with van der Waals surface area (Å²) in [5.74, 6) is -1.47. The van der Waals surface area contributed by atoms with Crippen LogP contribution in [-0.2, 0) is 11.2 Å². The van der Waals surface area contributed by atoms with E-state index in [4.69, 9.17) is 5.11 Å². The summed E-state index contributed by atoms with van der Waals surface area (Å²) in [5, 5.41) is 11.8. The highest BCUT2D eigenvalue weighted by atomic mass is 16.4. The van der Waals surface area contributed by atoms with Crippen molar-refractivity contribution in [2.45, 2.75) is 20.3 Å². The molecule has 0 saturated heterocycles. The van der Waals surface area contributed by atoms with E-state index in [1.165, 1.54) is 0 Å². The minimum absolute atomic E-state index is 0.0232. The lowest BCUT2D eigenvalue weighted by atomic mass is 9.96. The molecule has 0 fully saturated rings. The summed E-state index contributed by atoms with van der Waals surface area (Å²) in [6.07, 6.45) is 4.17. The second-order valence-electron chi connectivity index (χ2n) is 5.40. The third-order valence-corrected chi connectivity index (χ3v) is 3.43. The summed E-state index contributed by atoms with van der Waals surface area (Å²) in [5.41, 5.74) is 1.11. The quantitative estimate of drug-likeness (QED) is 0.800. The van der Waals surface area contributed by atoms with Crippen LogP contribution in [0.4, 0.5) is 4.79 Å². The molecule has 6 nitrogen and oxygen atoms in total. The van der Waals surface area contributed by atoms with Gasteiger partial charge in [-0.1, -0.05) is 13.8 Å². The molecule has 0 spiro atoms. The SMILES string of the molecule is CC(C)C(CNC(=O)N(C)CCc1ccncc1)C(=O)O. The van der Waals surface area contributed by atoms with Gasteiger partial charge in [-0.25, -0.2) is 4.79 Å². The van der Waals surface area contributed by atoms with Crippen molar-refractivity contribution >= 4 is 12.0 Å². The van der Waals surface area contributed by atoms with E-state index in [0.717, 1.165) is 12.0 Å². The van der Waals surface area contributed by atoms with Crippen molar-refractivity contribution in [1.82, 2.24) is 15.2 Å². The van der Waals surface area contributed by atoms with Crippen LogP contribution in [-0.4, -0.2) is 47.1 Å². The third kappa shape index (κ3) is 5.81. The highest BCUT2D eigenvalue weighted by Crippen LogP contribution is 2.09. The Hall–Kier alpha value is -2.11. The molecule has 2 amide bonds. The van der Waals surface area contributed by atoms with Gasteiger partial charge in [-0.3, -0.25) is 9.78 Å². The Kier molecular flexibility index (Phi) is 6.65. The Morgan fingerprint density at radius 3 is 2.48 bits per heavy atom. The molecule has 2 N–H and O–H groups in total. The molecule has 1 aromatic rings. The first kappa shape index (κ1) is 16.9. The number of carboxylic acids is 1. The highest BCUT2D eigenvalue weighted by Gasteiger charge is 2.22. The van der Waals surface area contributed by atoms with Gasteiger partial charge in [0.2, 0.25) is 0 Å². The van der Waals surface area contributed by atoms with Gasteiger partial charge in [-0.2, -0.15) is 0 Å². The predicted octanol–water partition coefficient (Wildman–Crippen LogP) is 1.62. The summed E-state index contributed by atoms with van der Waals surface area (Å²) in [6, 6.07) is 3.56. The number of likely N-dealkylation sites (N-methyl/N-ethyl adjacent to an activating group) is 1. The number of nitrogens with one attached hydrogen (secondary N) is 1. The second kappa shape index (κ2) is 8.24. The molecule has 1 rings (SSSR count). The minimum Gasteiger partial charge on any atom is -0.481 e. The lowest BCUT2D eigenvalue weighted by Crippen LogP contribution is -2.42. The van der Waals surface area contributed by atoms with Crippen molar-refractivity contribution in [3.8, 4) is 0 Å². The maximum absolute atomic E-state index is 11.9. The minimum atomic E-state index is -0.885. The topological polar surface area (TPSA) is 82.5 Å². The Morgan fingerprint density at radius 1 is 1.33 bits per heavy atom. The first-order valence-corrected chi connectivity index (χ1v) is 7.02. The molecule has 1 heterocycles. The van der Waals surface area contributed by atoms with Gasteiger partial charge in [-0.05, 0) is 30.0 Å². The number of hydrogen-bond donors (Lipinski definition) is 2. The lowest BCUT2D eigenvalue weighted by molar-refractivity contribution is -0.142. The number of carbonyl (C=O) groups is 2. The van der Waals surface area contributed by atoms with E-state index in [-0.39, 0.29) is 18.5 Å². The normalized spacial score (nSPS) is 12.0. The van der Waals surface area contributed by atoms with Crippen LogP contribution in [0.2, 0.25) is 0 Å². The second-order valence-corrected chi connectivity index (χ2v) is 5.40. The number of nitrogens with zero attached hydrogens (tertiary/aromatic N) is 2. The monoisotopic (exact) mass is 293 g/mol. The third-order valence-electron chi connectivity index (χ3n) is 3.43. The summed E-state index contributed by atoms with van der Waals surface area (Å²) in [4.78, 5) is 28.5. The van der Waals surface area contributed by atoms with Crippen molar-refractivity contribution in [1.29, 1.82) is 0 Å². The standard InChI is InChI=1S/C15H23N3O3/c1-11(2)13(14(19)20)10-17-15(21)18(3)9-6-12-4-7-16-8-5-12/h4-5,7-8,11,13H,6,9-10H2,1-3H3,(H,17,21)(H,19,20). The van der Waals surface area contributed by atoms with E-state index in [1.54, 1.807) is 24.3 Å². The maximum atomic E-state index is 11.9. The zero-order valence-electron chi connectivity index (χ0n) is 12.7. The van der Waals surface area contributed by atoms with Gasteiger partial charge < -0.3 is 15.3 Å². The number of hydrogen-bond acceptors (Lipinski definition) is 3. The molecule has 6 heteroatoms. The summed E-state index contributed by atoms with van der Waals surface area (Å²) in [7, 11) is 1.70. The molecular weight excluding hydrogens is 270 g/mol. The fourth-order valence-corrected chi connectivity index (χ4v) is 1.89. The summed E-state index contributed by atoms with van der Waals surface area (Å²) < 4.78 is 0. The van der Waals surface area contributed by atoms with E-state index < -0.39 is 11.9 Å². The van der Waals surface area contributed by atoms with Gasteiger partial charge in [0, 0.05) is 32.5 Å². The van der Waals surface area contributed by atoms with Gasteiger partial charge in [0.25, 0.3) is 0 Å². The molecule has 1 aromatic heterocycles. The smallest absolute Gasteiger partial charge is 0.317 e. The first-order chi connectivity index (χ1) is 9.91. The number of urea groups is 1. The molecule has 0 radical (unpaired) electrons. The van der Waals surface area contributed by atoms with E-state index in [2.05, 4.69) is 10.3 Å². The van der Waals surface area contributed by atoms with Gasteiger partial charge in [-0.15, -0.1) is 0 Å². The van der Waals surface area contributed by atoms with Gasteiger partial charge in [0.15, 0.2) is 0 Å². The average molecular weight is 293 g/mol. The average Bonchev–Trinajstić information content (AvgIpc) is 2.45. The molecule has 0 aliphatic carbocycles. The molecule has 0 aromatic carbocycles. The van der Waals surface area contributed by atoms with E-state index in [0.29, 0.717) is 6.54 Å². The molecule has 1 atom stereocenters. The van der Waals surface area contributed by atoms with Crippen molar-refractivity contribution in [3.63, 3.8) is 0 Å². The van der Waals surface area contributed by atoms with Crippen LogP contribution in [0.1, 0.15) is 19.4 Å². The zero-order chi connectivity index (χ0) is 15.8. The van der Waals surface area contributed by atoms with Gasteiger partial charge in [0.05, 0.1) is 5.92 Å². The van der Waals surface area contributed by atoms with Crippen molar-refractivity contribution in [2.75, 3.05) is 20.1 Å². The van der Waals surface area contributed by atoms with Crippen LogP contribution in [0, 0.1) is 11.8 Å². The number of carbonyl (C=O) groups excluding carboxylic acids is 1. The predicted molar refractivity (Wildman–Crippen MR) is 79.9 cm³/mol. The molecular formula is C15H23N3O3. The van der Waals surface area contributed by atoms with Crippen LogP contribution in [0.15, 0.2) is 24.5 Å². The molecule has 0 bridgehead atoms. The van der Waals surface area contributed by atoms with E-state index in [9.17, 15) is 9.59 Å². The van der Waals surface area contributed by atoms with Crippen molar-refractivity contribution in [3.05, 3.63) is 30.1 Å². The Balaban J connectivity index is 2.39.